The number of halogens is 1. The van der Waals surface area contributed by atoms with Crippen LogP contribution in [0.15, 0.2) is 29.6 Å². The van der Waals surface area contributed by atoms with E-state index >= 15 is 0 Å². The number of nitrogens with zero attached hydrogens (tertiary/aromatic N) is 1. The van der Waals surface area contributed by atoms with Gasteiger partial charge in [-0.25, -0.2) is 0 Å². The molecule has 2 heterocycles. The molecular weight excluding hydrogens is 288 g/mol. The maximum Gasteiger partial charge on any atom is 0.0642 e. The van der Waals surface area contributed by atoms with Crippen LogP contribution in [0.2, 0.25) is 5.02 Å². The maximum atomic E-state index is 6.47. The summed E-state index contributed by atoms with van der Waals surface area (Å²) in [6, 6.07) is 8.74. The summed E-state index contributed by atoms with van der Waals surface area (Å²) in [6.07, 6.45) is 1.99. The van der Waals surface area contributed by atoms with E-state index in [-0.39, 0.29) is 6.04 Å². The summed E-state index contributed by atoms with van der Waals surface area (Å²) in [4.78, 5) is 3.89. The Hall–Kier alpha value is -1.03. The SMILES string of the molecule is CC(N)Cc1ccc(N2CCc3sccc3C2)c(Cl)c1. The third-order valence-corrected chi connectivity index (χ3v) is 5.04. The molecule has 1 aliphatic rings. The van der Waals surface area contributed by atoms with E-state index < -0.39 is 0 Å². The Kier molecular flexibility index (Phi) is 4.01. The van der Waals surface area contributed by atoms with Gasteiger partial charge >= 0.3 is 0 Å². The Morgan fingerprint density at radius 2 is 2.25 bits per heavy atom. The molecule has 3 rings (SSSR count). The van der Waals surface area contributed by atoms with Gasteiger partial charge in [0.2, 0.25) is 0 Å². The van der Waals surface area contributed by atoms with Crippen LogP contribution in [0.3, 0.4) is 0 Å². The predicted octanol–water partition coefficient (Wildman–Crippen LogP) is 3.85. The van der Waals surface area contributed by atoms with Crippen LogP contribution in [-0.4, -0.2) is 12.6 Å². The van der Waals surface area contributed by atoms with Gasteiger partial charge in [0, 0.05) is 24.0 Å². The molecule has 0 radical (unpaired) electrons. The maximum absolute atomic E-state index is 6.47. The monoisotopic (exact) mass is 306 g/mol. The number of hydrogen-bond acceptors (Lipinski definition) is 3. The Morgan fingerprint density at radius 1 is 1.40 bits per heavy atom. The van der Waals surface area contributed by atoms with Gasteiger partial charge in [-0.3, -0.25) is 0 Å². The van der Waals surface area contributed by atoms with E-state index in [0.717, 1.165) is 36.6 Å². The van der Waals surface area contributed by atoms with E-state index in [0.29, 0.717) is 0 Å². The average Bonchev–Trinajstić information content (AvgIpc) is 2.85. The third-order valence-electron chi connectivity index (χ3n) is 3.72. The van der Waals surface area contributed by atoms with Crippen molar-refractivity contribution in [3.8, 4) is 0 Å². The van der Waals surface area contributed by atoms with Gasteiger partial charge in [0.05, 0.1) is 10.7 Å². The molecule has 2 aromatic rings. The number of nitrogens with two attached hydrogens (primary N) is 1. The molecule has 0 aliphatic carbocycles. The van der Waals surface area contributed by atoms with Crippen molar-refractivity contribution < 1.29 is 0 Å². The van der Waals surface area contributed by atoms with Gasteiger partial charge < -0.3 is 10.6 Å². The van der Waals surface area contributed by atoms with Crippen LogP contribution in [0.5, 0.6) is 0 Å². The standard InChI is InChI=1S/C16H19ClN2S/c1-11(18)8-12-2-3-15(14(17)9-12)19-6-4-16-13(10-19)5-7-20-16/h2-3,5,7,9,11H,4,6,8,10,18H2,1H3. The smallest absolute Gasteiger partial charge is 0.0642 e. The van der Waals surface area contributed by atoms with E-state index in [9.17, 15) is 0 Å². The van der Waals surface area contributed by atoms with Crippen molar-refractivity contribution in [3.05, 3.63) is 50.7 Å². The minimum Gasteiger partial charge on any atom is -0.366 e. The summed E-state index contributed by atoms with van der Waals surface area (Å²) in [5.74, 6) is 0. The molecule has 1 atom stereocenters. The molecule has 0 saturated heterocycles. The van der Waals surface area contributed by atoms with E-state index in [1.165, 1.54) is 16.0 Å². The highest BCUT2D eigenvalue weighted by molar-refractivity contribution is 7.10. The molecule has 1 unspecified atom stereocenters. The van der Waals surface area contributed by atoms with E-state index in [1.807, 2.05) is 18.3 Å². The second-order valence-corrected chi connectivity index (χ2v) is 6.92. The number of benzene rings is 1. The highest BCUT2D eigenvalue weighted by Crippen LogP contribution is 2.32. The van der Waals surface area contributed by atoms with Crippen molar-refractivity contribution in [3.63, 3.8) is 0 Å². The molecule has 0 bridgehead atoms. The van der Waals surface area contributed by atoms with E-state index in [2.05, 4.69) is 34.5 Å². The van der Waals surface area contributed by atoms with E-state index in [1.54, 1.807) is 0 Å². The van der Waals surface area contributed by atoms with Crippen LogP contribution < -0.4 is 10.6 Å². The Labute approximate surface area is 129 Å². The largest absolute Gasteiger partial charge is 0.366 e. The zero-order chi connectivity index (χ0) is 14.1. The van der Waals surface area contributed by atoms with Crippen molar-refractivity contribution in [2.75, 3.05) is 11.4 Å². The normalized spacial score (nSPS) is 16.1. The highest BCUT2D eigenvalue weighted by Gasteiger charge is 2.19. The lowest BCUT2D eigenvalue weighted by atomic mass is 10.1. The highest BCUT2D eigenvalue weighted by atomic mass is 35.5. The first kappa shape index (κ1) is 13.9. The van der Waals surface area contributed by atoms with E-state index in [4.69, 9.17) is 17.3 Å². The van der Waals surface area contributed by atoms with Crippen molar-refractivity contribution in [2.24, 2.45) is 5.73 Å². The first-order valence-electron chi connectivity index (χ1n) is 6.97. The topological polar surface area (TPSA) is 29.3 Å². The molecular formula is C16H19ClN2S. The number of fused-ring (bicyclic) bond motifs is 1. The summed E-state index contributed by atoms with van der Waals surface area (Å²) in [6.45, 7) is 4.02. The summed E-state index contributed by atoms with van der Waals surface area (Å²) in [7, 11) is 0. The minimum absolute atomic E-state index is 0.167. The number of thiophene rings is 1. The summed E-state index contributed by atoms with van der Waals surface area (Å²) in [5, 5.41) is 3.02. The number of anilines is 1. The number of rotatable bonds is 3. The molecule has 0 saturated carbocycles. The third kappa shape index (κ3) is 2.85. The van der Waals surface area contributed by atoms with Gasteiger partial charge in [0.25, 0.3) is 0 Å². The first-order valence-corrected chi connectivity index (χ1v) is 8.23. The second-order valence-electron chi connectivity index (χ2n) is 5.51. The number of hydrogen-bond donors (Lipinski definition) is 1. The van der Waals surface area contributed by atoms with Crippen LogP contribution in [0.1, 0.15) is 22.9 Å². The van der Waals surface area contributed by atoms with Gasteiger partial charge in [0.15, 0.2) is 0 Å². The molecule has 106 valence electrons. The fraction of sp³-hybridized carbons (Fsp3) is 0.375. The molecule has 0 fully saturated rings. The Morgan fingerprint density at radius 3 is 3.00 bits per heavy atom. The Bertz CT molecular complexity index is 606. The molecule has 0 spiro atoms. The molecule has 2 nitrogen and oxygen atoms in total. The molecule has 1 aromatic carbocycles. The summed E-state index contributed by atoms with van der Waals surface area (Å²) >= 11 is 8.33. The van der Waals surface area contributed by atoms with Crippen molar-refractivity contribution >= 4 is 28.6 Å². The van der Waals surface area contributed by atoms with Crippen LogP contribution >= 0.6 is 22.9 Å². The fourth-order valence-electron chi connectivity index (χ4n) is 2.76. The average molecular weight is 307 g/mol. The lowest BCUT2D eigenvalue weighted by molar-refractivity contribution is 0.733. The van der Waals surface area contributed by atoms with Gasteiger partial charge in [-0.05, 0) is 54.5 Å². The zero-order valence-electron chi connectivity index (χ0n) is 11.6. The molecule has 4 heteroatoms. The molecule has 1 aliphatic heterocycles. The Balaban J connectivity index is 1.81. The second kappa shape index (κ2) is 5.76. The van der Waals surface area contributed by atoms with Crippen molar-refractivity contribution in [1.82, 2.24) is 0 Å². The van der Waals surface area contributed by atoms with Gasteiger partial charge in [-0.2, -0.15) is 0 Å². The molecule has 1 aromatic heterocycles. The quantitative estimate of drug-likeness (QED) is 0.933. The minimum atomic E-state index is 0.167. The molecule has 20 heavy (non-hydrogen) atoms. The van der Waals surface area contributed by atoms with Crippen molar-refractivity contribution in [2.45, 2.75) is 32.4 Å². The van der Waals surface area contributed by atoms with Crippen LogP contribution in [0, 0.1) is 0 Å². The van der Waals surface area contributed by atoms with Gasteiger partial charge in [0.1, 0.15) is 0 Å². The van der Waals surface area contributed by atoms with Crippen LogP contribution in [-0.2, 0) is 19.4 Å². The van der Waals surface area contributed by atoms with Crippen LogP contribution in [0.25, 0.3) is 0 Å². The summed E-state index contributed by atoms with van der Waals surface area (Å²) in [5.41, 5.74) is 9.63. The molecule has 0 amide bonds. The van der Waals surface area contributed by atoms with Crippen LogP contribution in [0.4, 0.5) is 5.69 Å². The lowest BCUT2D eigenvalue weighted by Crippen LogP contribution is -2.29. The van der Waals surface area contributed by atoms with Crippen molar-refractivity contribution in [1.29, 1.82) is 0 Å². The molecule has 2 N–H and O–H groups in total. The fourth-order valence-corrected chi connectivity index (χ4v) is 3.97. The summed E-state index contributed by atoms with van der Waals surface area (Å²) < 4.78 is 0. The lowest BCUT2D eigenvalue weighted by Gasteiger charge is -2.30. The zero-order valence-corrected chi connectivity index (χ0v) is 13.2. The van der Waals surface area contributed by atoms with Gasteiger partial charge in [-0.15, -0.1) is 11.3 Å². The predicted molar refractivity (Wildman–Crippen MR) is 87.9 cm³/mol. The first-order chi connectivity index (χ1) is 9.63. The van der Waals surface area contributed by atoms with Gasteiger partial charge in [-0.1, -0.05) is 17.7 Å².